The van der Waals surface area contributed by atoms with E-state index in [2.05, 4.69) is 29.2 Å². The van der Waals surface area contributed by atoms with Crippen LogP contribution in [0.4, 0.5) is 5.69 Å². The molecule has 0 atom stereocenters. The van der Waals surface area contributed by atoms with E-state index in [1.165, 1.54) is 11.1 Å². The van der Waals surface area contributed by atoms with Crippen LogP contribution >= 0.6 is 0 Å². The van der Waals surface area contributed by atoms with Crippen LogP contribution in [0.2, 0.25) is 0 Å². The summed E-state index contributed by atoms with van der Waals surface area (Å²) in [4.78, 5) is 2.27. The third kappa shape index (κ3) is 3.11. The van der Waals surface area contributed by atoms with Crippen molar-refractivity contribution in [3.05, 3.63) is 47.3 Å². The van der Waals surface area contributed by atoms with E-state index in [1.54, 1.807) is 0 Å². The van der Waals surface area contributed by atoms with Crippen molar-refractivity contribution in [2.75, 3.05) is 12.8 Å². The average Bonchev–Trinajstić information content (AvgIpc) is 2.69. The van der Waals surface area contributed by atoms with Crippen molar-refractivity contribution in [1.29, 1.82) is 0 Å². The highest BCUT2D eigenvalue weighted by Crippen LogP contribution is 2.14. The zero-order valence-electron chi connectivity index (χ0n) is 11.2. The number of aryl methyl sites for hydroxylation is 2. The predicted octanol–water partition coefficient (Wildman–Crippen LogP) is 1.94. The molecule has 0 spiro atoms. The van der Waals surface area contributed by atoms with Gasteiger partial charge in [-0.1, -0.05) is 12.1 Å². The molecule has 96 valence electrons. The van der Waals surface area contributed by atoms with Crippen molar-refractivity contribution in [2.24, 2.45) is 7.05 Å². The van der Waals surface area contributed by atoms with Crippen molar-refractivity contribution in [2.45, 2.75) is 20.0 Å². The molecule has 0 bridgehead atoms. The highest BCUT2D eigenvalue weighted by Gasteiger charge is 2.04. The van der Waals surface area contributed by atoms with Gasteiger partial charge in [0.25, 0.3) is 0 Å². The van der Waals surface area contributed by atoms with Gasteiger partial charge in [0.15, 0.2) is 0 Å². The fraction of sp³-hybridized carbons (Fsp3) is 0.357. The number of nitrogen functional groups attached to an aromatic ring is 1. The van der Waals surface area contributed by atoms with Crippen LogP contribution in [0.3, 0.4) is 0 Å². The summed E-state index contributed by atoms with van der Waals surface area (Å²) in [6, 6.07) is 6.21. The van der Waals surface area contributed by atoms with E-state index in [1.807, 2.05) is 37.1 Å². The first-order valence-electron chi connectivity index (χ1n) is 6.05. The normalized spacial score (nSPS) is 11.1. The molecule has 2 N–H and O–H groups in total. The van der Waals surface area contributed by atoms with Crippen molar-refractivity contribution < 1.29 is 0 Å². The SMILES string of the molecule is Cc1cc(CN(C)Cc2cnn(C)c2)ccc1N. The summed E-state index contributed by atoms with van der Waals surface area (Å²) in [6.45, 7) is 3.85. The van der Waals surface area contributed by atoms with Gasteiger partial charge in [0.05, 0.1) is 6.20 Å². The highest BCUT2D eigenvalue weighted by molar-refractivity contribution is 5.47. The first-order valence-corrected chi connectivity index (χ1v) is 6.05. The molecule has 0 aliphatic carbocycles. The van der Waals surface area contributed by atoms with Gasteiger partial charge >= 0.3 is 0 Å². The van der Waals surface area contributed by atoms with Gasteiger partial charge in [0.1, 0.15) is 0 Å². The van der Waals surface area contributed by atoms with Gasteiger partial charge in [-0.25, -0.2) is 0 Å². The smallest absolute Gasteiger partial charge is 0.0534 e. The molecule has 4 heteroatoms. The lowest BCUT2D eigenvalue weighted by atomic mass is 10.1. The van der Waals surface area contributed by atoms with Crippen LogP contribution in [0.1, 0.15) is 16.7 Å². The monoisotopic (exact) mass is 244 g/mol. The lowest BCUT2D eigenvalue weighted by Crippen LogP contribution is -2.17. The Morgan fingerprint density at radius 1 is 1.28 bits per heavy atom. The largest absolute Gasteiger partial charge is 0.399 e. The molecule has 2 rings (SSSR count). The molecule has 1 aromatic carbocycles. The van der Waals surface area contributed by atoms with Crippen LogP contribution in [0, 0.1) is 6.92 Å². The van der Waals surface area contributed by atoms with E-state index in [-0.39, 0.29) is 0 Å². The van der Waals surface area contributed by atoms with Crippen LogP contribution in [-0.4, -0.2) is 21.7 Å². The number of aromatic nitrogens is 2. The number of benzene rings is 1. The van der Waals surface area contributed by atoms with E-state index in [9.17, 15) is 0 Å². The van der Waals surface area contributed by atoms with Crippen molar-refractivity contribution in [3.63, 3.8) is 0 Å². The minimum absolute atomic E-state index is 0.855. The Hall–Kier alpha value is -1.81. The van der Waals surface area contributed by atoms with E-state index in [0.29, 0.717) is 0 Å². The van der Waals surface area contributed by atoms with E-state index in [0.717, 1.165) is 24.3 Å². The summed E-state index contributed by atoms with van der Waals surface area (Å²) in [5.74, 6) is 0. The number of nitrogens with zero attached hydrogens (tertiary/aromatic N) is 3. The van der Waals surface area contributed by atoms with Gasteiger partial charge in [0.2, 0.25) is 0 Å². The molecule has 0 aliphatic heterocycles. The Kier molecular flexibility index (Phi) is 3.67. The second-order valence-electron chi connectivity index (χ2n) is 4.89. The fourth-order valence-corrected chi connectivity index (χ4v) is 2.07. The van der Waals surface area contributed by atoms with Gasteiger partial charge in [-0.2, -0.15) is 5.10 Å². The Morgan fingerprint density at radius 3 is 2.61 bits per heavy atom. The first-order chi connectivity index (χ1) is 8.54. The Bertz CT molecular complexity index is 530. The summed E-state index contributed by atoms with van der Waals surface area (Å²) >= 11 is 0. The lowest BCUT2D eigenvalue weighted by Gasteiger charge is -2.16. The Morgan fingerprint density at radius 2 is 2.00 bits per heavy atom. The van der Waals surface area contributed by atoms with Gasteiger partial charge in [-0.3, -0.25) is 9.58 Å². The third-order valence-electron chi connectivity index (χ3n) is 3.00. The van der Waals surface area contributed by atoms with Crippen molar-refractivity contribution >= 4 is 5.69 Å². The van der Waals surface area contributed by atoms with Gasteiger partial charge in [-0.15, -0.1) is 0 Å². The number of hydrogen-bond acceptors (Lipinski definition) is 3. The molecule has 0 saturated carbocycles. The first kappa shape index (κ1) is 12.6. The molecule has 0 unspecified atom stereocenters. The number of nitrogens with two attached hydrogens (primary N) is 1. The van der Waals surface area contributed by atoms with Crippen LogP contribution in [0.5, 0.6) is 0 Å². The van der Waals surface area contributed by atoms with Gasteiger partial charge < -0.3 is 5.73 Å². The summed E-state index contributed by atoms with van der Waals surface area (Å²) in [6.07, 6.45) is 3.95. The molecule has 0 aliphatic rings. The van der Waals surface area contributed by atoms with Crippen LogP contribution in [0.15, 0.2) is 30.6 Å². The maximum Gasteiger partial charge on any atom is 0.0534 e. The Labute approximate surface area is 108 Å². The van der Waals surface area contributed by atoms with E-state index < -0.39 is 0 Å². The van der Waals surface area contributed by atoms with E-state index >= 15 is 0 Å². The van der Waals surface area contributed by atoms with Crippen LogP contribution in [-0.2, 0) is 20.1 Å². The molecule has 0 amide bonds. The molecule has 18 heavy (non-hydrogen) atoms. The van der Waals surface area contributed by atoms with Gasteiger partial charge in [0, 0.05) is 37.6 Å². The molecule has 0 saturated heterocycles. The van der Waals surface area contributed by atoms with Crippen molar-refractivity contribution in [1.82, 2.24) is 14.7 Å². The minimum atomic E-state index is 0.855. The maximum atomic E-state index is 5.82. The van der Waals surface area contributed by atoms with Crippen LogP contribution < -0.4 is 5.73 Å². The molecule has 1 aromatic heterocycles. The number of anilines is 1. The summed E-state index contributed by atoms with van der Waals surface area (Å²) in [7, 11) is 4.05. The predicted molar refractivity (Wildman–Crippen MR) is 74.0 cm³/mol. The summed E-state index contributed by atoms with van der Waals surface area (Å²) < 4.78 is 1.83. The second-order valence-corrected chi connectivity index (χ2v) is 4.89. The molecular weight excluding hydrogens is 224 g/mol. The van der Waals surface area contributed by atoms with Crippen molar-refractivity contribution in [3.8, 4) is 0 Å². The topological polar surface area (TPSA) is 47.1 Å². The fourth-order valence-electron chi connectivity index (χ4n) is 2.07. The molecular formula is C14H20N4. The maximum absolute atomic E-state index is 5.82. The average molecular weight is 244 g/mol. The Balaban J connectivity index is 1.98. The third-order valence-corrected chi connectivity index (χ3v) is 3.00. The molecule has 4 nitrogen and oxygen atoms in total. The lowest BCUT2D eigenvalue weighted by molar-refractivity contribution is 0.319. The van der Waals surface area contributed by atoms with Gasteiger partial charge in [-0.05, 0) is 31.2 Å². The summed E-state index contributed by atoms with van der Waals surface area (Å²) in [5, 5.41) is 4.18. The second kappa shape index (κ2) is 5.23. The number of hydrogen-bond donors (Lipinski definition) is 1. The molecule has 0 fully saturated rings. The molecule has 0 radical (unpaired) electrons. The quantitative estimate of drug-likeness (QED) is 0.836. The number of rotatable bonds is 4. The summed E-state index contributed by atoms with van der Waals surface area (Å²) in [5.41, 5.74) is 10.3. The highest BCUT2D eigenvalue weighted by atomic mass is 15.2. The molecule has 1 heterocycles. The minimum Gasteiger partial charge on any atom is -0.399 e. The van der Waals surface area contributed by atoms with E-state index in [4.69, 9.17) is 5.73 Å². The van der Waals surface area contributed by atoms with Crippen LogP contribution in [0.25, 0.3) is 0 Å². The zero-order valence-corrected chi connectivity index (χ0v) is 11.2. The zero-order chi connectivity index (χ0) is 13.1. The standard InChI is InChI=1S/C14H20N4/c1-11-6-12(4-5-14(11)15)8-17(2)9-13-7-16-18(3)10-13/h4-7,10H,8-9,15H2,1-3H3. The molecule has 2 aromatic rings.